The molecule has 4 heteroatoms. The second-order valence-electron chi connectivity index (χ2n) is 11.5. The maximum absolute atomic E-state index is 13.1. The van der Waals surface area contributed by atoms with Crippen molar-refractivity contribution in [3.63, 3.8) is 0 Å². The Hall–Kier alpha value is -2.88. The normalized spacial score (nSPS) is 28.3. The average Bonchev–Trinajstić information content (AvgIpc) is 2.79. The second-order valence-corrected chi connectivity index (χ2v) is 11.5. The van der Waals surface area contributed by atoms with E-state index in [0.717, 1.165) is 34.4 Å². The van der Waals surface area contributed by atoms with Gasteiger partial charge in [0.05, 0.1) is 5.39 Å². The maximum atomic E-state index is 13.1. The molecular weight excluding hydrogens is 422 g/mol. The highest BCUT2D eigenvalue weighted by Crippen LogP contribution is 2.61. The Balaban J connectivity index is 1.21. The molecule has 0 radical (unpaired) electrons. The van der Waals surface area contributed by atoms with Crippen LogP contribution in [-0.4, -0.2) is 11.9 Å². The van der Waals surface area contributed by atoms with Crippen molar-refractivity contribution in [1.29, 1.82) is 0 Å². The molecule has 2 aromatic carbocycles. The van der Waals surface area contributed by atoms with Crippen LogP contribution < -0.4 is 10.7 Å². The highest BCUT2D eigenvalue weighted by Gasteiger charge is 2.53. The minimum absolute atomic E-state index is 0.0129. The summed E-state index contributed by atoms with van der Waals surface area (Å²) in [6, 6.07) is 13.1. The molecule has 0 spiro atoms. The summed E-state index contributed by atoms with van der Waals surface area (Å²) >= 11 is 0. The first-order chi connectivity index (χ1) is 16.3. The Kier molecular flexibility index (Phi) is 4.98. The molecular formula is C30H33NO3. The number of carbonyl (C=O) groups is 1. The number of nitrogens with one attached hydrogen (secondary N) is 1. The van der Waals surface area contributed by atoms with Crippen molar-refractivity contribution >= 4 is 16.9 Å². The predicted octanol–water partition coefficient (Wildman–Crippen LogP) is 6.41. The van der Waals surface area contributed by atoms with Crippen LogP contribution in [0.25, 0.3) is 22.3 Å². The van der Waals surface area contributed by atoms with E-state index in [0.29, 0.717) is 22.3 Å². The number of amides is 1. The summed E-state index contributed by atoms with van der Waals surface area (Å²) in [4.78, 5) is 25.8. The van der Waals surface area contributed by atoms with E-state index in [-0.39, 0.29) is 22.8 Å². The van der Waals surface area contributed by atoms with Crippen LogP contribution in [0.1, 0.15) is 66.9 Å². The third-order valence-corrected chi connectivity index (χ3v) is 8.94. The summed E-state index contributed by atoms with van der Waals surface area (Å²) in [5.41, 5.74) is 4.30. The first-order valence-corrected chi connectivity index (χ1v) is 12.8. The molecule has 3 aromatic rings. The lowest BCUT2D eigenvalue weighted by atomic mass is 9.48. The molecule has 34 heavy (non-hydrogen) atoms. The lowest BCUT2D eigenvalue weighted by Gasteiger charge is -2.59. The van der Waals surface area contributed by atoms with E-state index in [2.05, 4.69) is 12.2 Å². The lowest BCUT2D eigenvalue weighted by Crippen LogP contribution is -2.55. The number of rotatable bonds is 4. The van der Waals surface area contributed by atoms with Crippen LogP contribution >= 0.6 is 0 Å². The fraction of sp³-hybridized carbons (Fsp3) is 0.467. The largest absolute Gasteiger partial charge is 0.456 e. The van der Waals surface area contributed by atoms with Gasteiger partial charge in [-0.25, -0.2) is 0 Å². The molecule has 4 nitrogen and oxygen atoms in total. The molecule has 1 amide bonds. The van der Waals surface area contributed by atoms with Gasteiger partial charge in [0.15, 0.2) is 5.43 Å². The maximum Gasteiger partial charge on any atom is 0.251 e. The Bertz CT molecular complexity index is 1300. The molecule has 0 aliphatic heterocycles. The van der Waals surface area contributed by atoms with Crippen LogP contribution in [0.15, 0.2) is 51.7 Å². The predicted molar refractivity (Wildman–Crippen MR) is 135 cm³/mol. The molecule has 1 atom stereocenters. The average molecular weight is 456 g/mol. The second kappa shape index (κ2) is 7.83. The van der Waals surface area contributed by atoms with Crippen molar-refractivity contribution in [3.8, 4) is 11.3 Å². The fourth-order valence-corrected chi connectivity index (χ4v) is 7.68. The van der Waals surface area contributed by atoms with Gasteiger partial charge >= 0.3 is 0 Å². The minimum atomic E-state index is -0.0470. The summed E-state index contributed by atoms with van der Waals surface area (Å²) in [6.07, 6.45) is 8.06. The van der Waals surface area contributed by atoms with Crippen LogP contribution in [0.5, 0.6) is 0 Å². The highest BCUT2D eigenvalue weighted by atomic mass is 16.3. The molecule has 1 unspecified atom stereocenters. The molecule has 0 saturated heterocycles. The standard InChI is InChI=1S/C30H33NO3/c1-17-8-18(2)28-25(9-17)26(32)13-27(34-28)23-4-6-24(7-5-23)29(33)31-19(3)30-14-20-10-21(15-30)12-22(11-20)16-30/h4-9,13,19-22H,10-12,14-16H2,1-3H3,(H,31,33). The number of carbonyl (C=O) groups excluding carboxylic acids is 1. The summed E-state index contributed by atoms with van der Waals surface area (Å²) in [6.45, 7) is 6.15. The van der Waals surface area contributed by atoms with Gasteiger partial charge in [0, 0.05) is 23.2 Å². The molecule has 4 aliphatic rings. The van der Waals surface area contributed by atoms with E-state index in [1.165, 1.54) is 38.5 Å². The Labute approximate surface area is 200 Å². The van der Waals surface area contributed by atoms with Crippen molar-refractivity contribution < 1.29 is 9.21 Å². The van der Waals surface area contributed by atoms with Gasteiger partial charge in [-0.15, -0.1) is 0 Å². The van der Waals surface area contributed by atoms with Crippen molar-refractivity contribution in [2.24, 2.45) is 23.2 Å². The zero-order valence-corrected chi connectivity index (χ0v) is 20.3. The van der Waals surface area contributed by atoms with Crippen LogP contribution in [-0.2, 0) is 0 Å². The van der Waals surface area contributed by atoms with Gasteiger partial charge in [0.25, 0.3) is 5.91 Å². The van der Waals surface area contributed by atoms with Gasteiger partial charge in [0.2, 0.25) is 0 Å². The molecule has 1 aromatic heterocycles. The van der Waals surface area contributed by atoms with E-state index < -0.39 is 0 Å². The minimum Gasteiger partial charge on any atom is -0.456 e. The fourth-order valence-electron chi connectivity index (χ4n) is 7.68. The number of fused-ring (bicyclic) bond motifs is 1. The van der Waals surface area contributed by atoms with E-state index in [4.69, 9.17) is 4.42 Å². The van der Waals surface area contributed by atoms with Crippen molar-refractivity contribution in [3.05, 3.63) is 69.4 Å². The first-order valence-electron chi connectivity index (χ1n) is 12.8. The summed E-state index contributed by atoms with van der Waals surface area (Å²) in [5.74, 6) is 3.12. The zero-order valence-electron chi connectivity index (χ0n) is 20.3. The third kappa shape index (κ3) is 3.59. The topological polar surface area (TPSA) is 59.3 Å². The van der Waals surface area contributed by atoms with E-state index >= 15 is 0 Å². The van der Waals surface area contributed by atoms with Crippen LogP contribution in [0.4, 0.5) is 0 Å². The molecule has 4 fully saturated rings. The summed E-state index contributed by atoms with van der Waals surface area (Å²) in [5, 5.41) is 3.95. The van der Waals surface area contributed by atoms with E-state index in [1.54, 1.807) is 6.07 Å². The molecule has 7 rings (SSSR count). The lowest BCUT2D eigenvalue weighted by molar-refractivity contribution is -0.0688. The first kappa shape index (κ1) is 21.6. The number of hydrogen-bond acceptors (Lipinski definition) is 3. The number of aryl methyl sites for hydroxylation is 2. The van der Waals surface area contributed by atoms with E-state index in [9.17, 15) is 9.59 Å². The Morgan fingerprint density at radius 2 is 1.59 bits per heavy atom. The summed E-state index contributed by atoms with van der Waals surface area (Å²) in [7, 11) is 0. The zero-order chi connectivity index (χ0) is 23.6. The Morgan fingerprint density at radius 1 is 0.971 bits per heavy atom. The smallest absolute Gasteiger partial charge is 0.251 e. The van der Waals surface area contributed by atoms with Crippen molar-refractivity contribution in [2.75, 3.05) is 0 Å². The van der Waals surface area contributed by atoms with Gasteiger partial charge in [-0.1, -0.05) is 18.2 Å². The van der Waals surface area contributed by atoms with Crippen molar-refractivity contribution in [2.45, 2.75) is 65.3 Å². The molecule has 4 saturated carbocycles. The van der Waals surface area contributed by atoms with Gasteiger partial charge in [-0.3, -0.25) is 9.59 Å². The Morgan fingerprint density at radius 3 is 2.21 bits per heavy atom. The number of benzene rings is 2. The van der Waals surface area contributed by atoms with Gasteiger partial charge < -0.3 is 9.73 Å². The van der Waals surface area contributed by atoms with Gasteiger partial charge in [0.1, 0.15) is 11.3 Å². The van der Waals surface area contributed by atoms with E-state index in [1.807, 2.05) is 50.2 Å². The quantitative estimate of drug-likeness (QED) is 0.494. The monoisotopic (exact) mass is 455 g/mol. The molecule has 176 valence electrons. The van der Waals surface area contributed by atoms with Crippen LogP contribution in [0.2, 0.25) is 0 Å². The van der Waals surface area contributed by atoms with Crippen LogP contribution in [0.3, 0.4) is 0 Å². The van der Waals surface area contributed by atoms with Crippen LogP contribution in [0, 0.1) is 37.0 Å². The summed E-state index contributed by atoms with van der Waals surface area (Å²) < 4.78 is 6.12. The molecule has 4 aliphatic carbocycles. The molecule has 4 bridgehead atoms. The van der Waals surface area contributed by atoms with Crippen molar-refractivity contribution in [1.82, 2.24) is 5.32 Å². The number of hydrogen-bond donors (Lipinski definition) is 1. The van der Waals surface area contributed by atoms with Gasteiger partial charge in [-0.2, -0.15) is 0 Å². The highest BCUT2D eigenvalue weighted by molar-refractivity contribution is 5.95. The molecule has 1 N–H and O–H groups in total. The SMILES string of the molecule is Cc1cc(C)c2oc(-c3ccc(C(=O)NC(C)C45CC6CC(CC(C6)C4)C5)cc3)cc(=O)c2c1. The molecule has 1 heterocycles. The third-order valence-electron chi connectivity index (χ3n) is 8.94. The van der Waals surface area contributed by atoms with Gasteiger partial charge in [-0.05, 0) is 112 Å².